The number of rotatable bonds is 12. The van der Waals surface area contributed by atoms with Crippen molar-refractivity contribution in [3.63, 3.8) is 0 Å². The van der Waals surface area contributed by atoms with Crippen molar-refractivity contribution >= 4 is 23.8 Å². The van der Waals surface area contributed by atoms with Crippen molar-refractivity contribution in [2.24, 2.45) is 39.9 Å². The van der Waals surface area contributed by atoms with Gasteiger partial charge in [-0.1, -0.05) is 81.8 Å². The van der Waals surface area contributed by atoms with Crippen LogP contribution in [0.2, 0.25) is 0 Å². The van der Waals surface area contributed by atoms with Crippen LogP contribution in [0.5, 0.6) is 0 Å². The zero-order valence-electron chi connectivity index (χ0n) is 37.7. The number of allylic oxidation sites excluding steroid dienone is 2. The first-order chi connectivity index (χ1) is 29.6. The van der Waals surface area contributed by atoms with Crippen LogP contribution in [0.1, 0.15) is 145 Å². The number of nitrogens with one attached hydrogen (secondary N) is 1. The maximum Gasteiger partial charge on any atom is 0.339 e. The van der Waals surface area contributed by atoms with E-state index in [0.29, 0.717) is 50.7 Å². The summed E-state index contributed by atoms with van der Waals surface area (Å²) in [6.07, 6.45) is 7.56. The maximum absolute atomic E-state index is 14.3. The Kier molecular flexibility index (Phi) is 13.9. The fraction of sp³-hybridized carbons (Fsp3) is 0.608. The van der Waals surface area contributed by atoms with Crippen LogP contribution in [0, 0.1) is 39.9 Å². The first-order valence-corrected chi connectivity index (χ1v) is 22.9. The molecule has 11 nitrogen and oxygen atoms in total. The molecule has 11 heteroatoms. The second kappa shape index (κ2) is 18.8. The van der Waals surface area contributed by atoms with Gasteiger partial charge in [-0.15, -0.1) is 0 Å². The van der Waals surface area contributed by atoms with E-state index in [9.17, 15) is 24.3 Å². The van der Waals surface area contributed by atoms with Gasteiger partial charge in [0.1, 0.15) is 18.8 Å². The van der Waals surface area contributed by atoms with Crippen molar-refractivity contribution in [2.75, 3.05) is 6.61 Å². The highest BCUT2D eigenvalue weighted by Gasteiger charge is 2.71. The highest BCUT2D eigenvalue weighted by atomic mass is 16.8. The van der Waals surface area contributed by atoms with E-state index in [-0.39, 0.29) is 58.3 Å². The van der Waals surface area contributed by atoms with E-state index in [0.717, 1.165) is 48.8 Å². The molecule has 11 atom stereocenters. The zero-order chi connectivity index (χ0) is 44.4. The summed E-state index contributed by atoms with van der Waals surface area (Å²) in [5, 5.41) is 12.6. The number of amides is 1. The van der Waals surface area contributed by atoms with Gasteiger partial charge in [-0.25, -0.2) is 19.9 Å². The summed E-state index contributed by atoms with van der Waals surface area (Å²) in [6, 6.07) is 16.2. The minimum absolute atomic E-state index is 0.0124. The Hall–Kier alpha value is -4.32. The van der Waals surface area contributed by atoms with Gasteiger partial charge >= 0.3 is 17.9 Å². The standard InChI is InChI=1S/C51H67NO10/c1-31(2)16-15-21-37(47(56)59-30-34-17-9-8-10-18-34)44-39-28-40(54)45-49(5)25-24-41(32(3)38(49)23-26-50(45,6)51(39,7)29-42(44)60-33(4)53)61-48(57)36-20-12-11-19-35(36)46(55)52-62-43-22-13-14-27-58-43/h8-12,16-20,32,38-43,45,54H,13-15,21-30H2,1-7H3,(H,52,55)/b44-37-/t32-,38-,39-,40+,41+,42-,43?,45-,49-,50-,51-/m0/s1. The van der Waals surface area contributed by atoms with E-state index >= 15 is 0 Å². The molecule has 1 saturated heterocycles. The van der Waals surface area contributed by atoms with Crippen molar-refractivity contribution in [3.05, 3.63) is 94.1 Å². The van der Waals surface area contributed by atoms with Crippen molar-refractivity contribution < 1.29 is 48.1 Å². The summed E-state index contributed by atoms with van der Waals surface area (Å²) >= 11 is 0. The molecule has 2 aromatic rings. The molecule has 5 fully saturated rings. The Labute approximate surface area is 367 Å². The minimum atomic E-state index is -0.686. The molecule has 2 aromatic carbocycles. The van der Waals surface area contributed by atoms with Crippen LogP contribution in [0.3, 0.4) is 0 Å². The molecule has 0 radical (unpaired) electrons. The summed E-state index contributed by atoms with van der Waals surface area (Å²) < 4.78 is 24.1. The molecule has 1 heterocycles. The lowest BCUT2D eigenvalue weighted by Gasteiger charge is -2.69. The molecule has 2 N–H and O–H groups in total. The molecule has 0 aromatic heterocycles. The van der Waals surface area contributed by atoms with Gasteiger partial charge in [-0.2, -0.15) is 0 Å². The second-order valence-corrected chi connectivity index (χ2v) is 19.7. The quantitative estimate of drug-likeness (QED) is 0.0696. The monoisotopic (exact) mass is 853 g/mol. The number of hydrogen-bond acceptors (Lipinski definition) is 10. The summed E-state index contributed by atoms with van der Waals surface area (Å²) in [7, 11) is 0. The topological polar surface area (TPSA) is 147 Å². The third-order valence-corrected chi connectivity index (χ3v) is 15.8. The van der Waals surface area contributed by atoms with Crippen LogP contribution in [0.25, 0.3) is 0 Å². The molecule has 1 unspecified atom stereocenters. The van der Waals surface area contributed by atoms with E-state index in [4.69, 9.17) is 23.8 Å². The Bertz CT molecular complexity index is 2040. The molecule has 7 rings (SSSR count). The number of carbonyl (C=O) groups is 4. The number of ether oxygens (including phenoxy) is 4. The molecule has 5 aliphatic rings. The van der Waals surface area contributed by atoms with Crippen LogP contribution in [-0.2, 0) is 40.0 Å². The lowest BCUT2D eigenvalue weighted by molar-refractivity contribution is -0.234. The van der Waals surface area contributed by atoms with E-state index in [1.54, 1.807) is 24.3 Å². The van der Waals surface area contributed by atoms with Gasteiger partial charge in [0.25, 0.3) is 5.91 Å². The molecule has 4 aliphatic carbocycles. The normalized spacial score (nSPS) is 34.6. The fourth-order valence-corrected chi connectivity index (χ4v) is 12.8. The van der Waals surface area contributed by atoms with Gasteiger partial charge in [-0.3, -0.25) is 9.59 Å². The zero-order valence-corrected chi connectivity index (χ0v) is 37.7. The number of hydroxylamine groups is 1. The van der Waals surface area contributed by atoms with Gasteiger partial charge in [0.05, 0.1) is 17.2 Å². The molecule has 62 heavy (non-hydrogen) atoms. The van der Waals surface area contributed by atoms with Crippen molar-refractivity contribution in [2.45, 2.75) is 150 Å². The average molecular weight is 854 g/mol. The predicted octanol–water partition coefficient (Wildman–Crippen LogP) is 9.38. The minimum Gasteiger partial charge on any atom is -0.458 e. The predicted molar refractivity (Wildman–Crippen MR) is 233 cm³/mol. The van der Waals surface area contributed by atoms with Gasteiger partial charge in [-0.05, 0) is 141 Å². The number of carbonyl (C=O) groups excluding carboxylic acids is 4. The third-order valence-electron chi connectivity index (χ3n) is 15.8. The average Bonchev–Trinajstić information content (AvgIpc) is 3.52. The maximum atomic E-state index is 14.3. The molecule has 1 amide bonds. The summed E-state index contributed by atoms with van der Waals surface area (Å²) in [5.41, 5.74) is 5.14. The highest BCUT2D eigenvalue weighted by Crippen LogP contribution is 2.74. The number of aliphatic hydroxyl groups is 1. The molecular weight excluding hydrogens is 787 g/mol. The van der Waals surface area contributed by atoms with E-state index < -0.39 is 47.7 Å². The number of fused-ring (bicyclic) bond motifs is 5. The van der Waals surface area contributed by atoms with Gasteiger partial charge in [0.15, 0.2) is 6.29 Å². The third kappa shape index (κ3) is 8.91. The van der Waals surface area contributed by atoms with E-state index in [2.05, 4.69) is 39.3 Å². The first kappa shape index (κ1) is 45.7. The van der Waals surface area contributed by atoms with Crippen molar-refractivity contribution in [3.8, 4) is 0 Å². The van der Waals surface area contributed by atoms with Crippen molar-refractivity contribution in [1.82, 2.24) is 5.48 Å². The number of benzene rings is 2. The van der Waals surface area contributed by atoms with E-state index in [1.807, 2.05) is 44.2 Å². The summed E-state index contributed by atoms with van der Waals surface area (Å²) in [5.74, 6) is -2.06. The Morgan fingerprint density at radius 2 is 1.61 bits per heavy atom. The lowest BCUT2D eigenvalue weighted by Crippen LogP contribution is -2.65. The molecule has 0 bridgehead atoms. The number of esters is 3. The molecule has 4 saturated carbocycles. The molecule has 336 valence electrons. The van der Waals surface area contributed by atoms with E-state index in [1.165, 1.54) is 6.92 Å². The van der Waals surface area contributed by atoms with Gasteiger partial charge in [0, 0.05) is 25.5 Å². The SMILES string of the molecule is CC(=O)O[C@H]1C[C@@]2(C)[C@@H](C[C@@H](O)[C@H]3[C@@]4(C)CC[C@@H](OC(=O)c5ccccc5C(=O)NOC5CCCCO5)[C@@H](C)[C@@H]4CC[C@@]32C)/C1=C(\CCC=C(C)C)C(=O)OCc1ccccc1. The Morgan fingerprint density at radius 3 is 2.31 bits per heavy atom. The largest absolute Gasteiger partial charge is 0.458 e. The van der Waals surface area contributed by atoms with Crippen molar-refractivity contribution in [1.29, 1.82) is 0 Å². The second-order valence-electron chi connectivity index (χ2n) is 19.7. The van der Waals surface area contributed by atoms with Crippen LogP contribution in [0.15, 0.2) is 77.4 Å². The highest BCUT2D eigenvalue weighted by molar-refractivity contribution is 6.05. The van der Waals surface area contributed by atoms with Crippen LogP contribution >= 0.6 is 0 Å². The lowest BCUT2D eigenvalue weighted by atomic mass is 9.36. The Balaban J connectivity index is 1.13. The summed E-state index contributed by atoms with van der Waals surface area (Å²) in [6.45, 7) is 15.3. The van der Waals surface area contributed by atoms with Gasteiger partial charge < -0.3 is 24.1 Å². The number of hydrogen-bond donors (Lipinski definition) is 2. The molecule has 1 aliphatic heterocycles. The summed E-state index contributed by atoms with van der Waals surface area (Å²) in [4.78, 5) is 59.8. The first-order valence-electron chi connectivity index (χ1n) is 22.9. The molecular formula is C51H67NO10. The van der Waals surface area contributed by atoms with Crippen LogP contribution < -0.4 is 5.48 Å². The fourth-order valence-electron chi connectivity index (χ4n) is 12.8. The van der Waals surface area contributed by atoms with Gasteiger partial charge in [0.2, 0.25) is 0 Å². The van der Waals surface area contributed by atoms with Crippen LogP contribution in [-0.4, -0.2) is 60.1 Å². The smallest absolute Gasteiger partial charge is 0.339 e. The van der Waals surface area contributed by atoms with Crippen LogP contribution in [0.4, 0.5) is 0 Å². The molecule has 0 spiro atoms. The number of aliphatic hydroxyl groups excluding tert-OH is 1. The Morgan fingerprint density at radius 1 is 0.887 bits per heavy atom.